The highest BCUT2D eigenvalue weighted by Crippen LogP contribution is 2.36. The summed E-state index contributed by atoms with van der Waals surface area (Å²) in [5.74, 6) is -2.37. The van der Waals surface area contributed by atoms with Crippen LogP contribution in [0.5, 0.6) is 0 Å². The molecule has 5 heteroatoms. The van der Waals surface area contributed by atoms with Crippen molar-refractivity contribution < 1.29 is 19.8 Å². The first-order valence-electron chi connectivity index (χ1n) is 6.81. The van der Waals surface area contributed by atoms with Gasteiger partial charge >= 0.3 is 11.9 Å². The second kappa shape index (κ2) is 5.78. The number of hydrogen-bond acceptors (Lipinski definition) is 3. The Labute approximate surface area is 137 Å². The standard InChI is InChI=1S/C18H12O4S/c19-17(20)12-8-4-7-11-13(10-5-2-1-3-6-10)9-14(23)16(15(11)12)18(21)22/h1-9,23H,(H,19,20)(H,21,22). The molecule has 0 unspecified atom stereocenters. The molecular weight excluding hydrogens is 312 g/mol. The van der Waals surface area contributed by atoms with Crippen molar-refractivity contribution in [2.24, 2.45) is 0 Å². The Hall–Kier alpha value is -2.79. The van der Waals surface area contributed by atoms with E-state index in [9.17, 15) is 19.8 Å². The van der Waals surface area contributed by atoms with E-state index in [1.807, 2.05) is 30.3 Å². The zero-order chi connectivity index (χ0) is 16.6. The summed E-state index contributed by atoms with van der Waals surface area (Å²) in [5, 5.41) is 19.7. The smallest absolute Gasteiger partial charge is 0.337 e. The van der Waals surface area contributed by atoms with Gasteiger partial charge in [-0.1, -0.05) is 42.5 Å². The van der Waals surface area contributed by atoms with E-state index >= 15 is 0 Å². The van der Waals surface area contributed by atoms with Crippen molar-refractivity contribution in [1.82, 2.24) is 0 Å². The number of fused-ring (bicyclic) bond motifs is 1. The lowest BCUT2D eigenvalue weighted by Crippen LogP contribution is -2.06. The van der Waals surface area contributed by atoms with Gasteiger partial charge in [0.1, 0.15) is 0 Å². The van der Waals surface area contributed by atoms with Crippen LogP contribution in [0, 0.1) is 0 Å². The number of thiol groups is 1. The van der Waals surface area contributed by atoms with E-state index in [0.29, 0.717) is 5.39 Å². The molecule has 0 atom stereocenters. The second-order valence-corrected chi connectivity index (χ2v) is 5.50. The molecule has 0 bridgehead atoms. The lowest BCUT2D eigenvalue weighted by atomic mass is 9.92. The number of carboxylic acid groups (broad SMARTS) is 2. The predicted molar refractivity (Wildman–Crippen MR) is 90.6 cm³/mol. The molecule has 0 aliphatic carbocycles. The van der Waals surface area contributed by atoms with Crippen LogP contribution in [0.1, 0.15) is 20.7 Å². The summed E-state index contributed by atoms with van der Waals surface area (Å²) in [5.41, 5.74) is 1.47. The van der Waals surface area contributed by atoms with Crippen molar-refractivity contribution in [2.45, 2.75) is 4.90 Å². The van der Waals surface area contributed by atoms with Crippen LogP contribution in [0.2, 0.25) is 0 Å². The van der Waals surface area contributed by atoms with Gasteiger partial charge in [0, 0.05) is 10.3 Å². The van der Waals surface area contributed by atoms with E-state index in [-0.39, 0.29) is 21.4 Å². The highest BCUT2D eigenvalue weighted by Gasteiger charge is 2.21. The Bertz CT molecular complexity index is 933. The molecule has 0 saturated heterocycles. The lowest BCUT2D eigenvalue weighted by Gasteiger charge is -2.14. The maximum atomic E-state index is 11.6. The number of carboxylic acids is 2. The topological polar surface area (TPSA) is 74.6 Å². The molecule has 0 heterocycles. The van der Waals surface area contributed by atoms with Gasteiger partial charge in [0.05, 0.1) is 11.1 Å². The van der Waals surface area contributed by atoms with Crippen LogP contribution < -0.4 is 0 Å². The summed E-state index contributed by atoms with van der Waals surface area (Å²) >= 11 is 4.28. The molecular formula is C18H12O4S. The number of rotatable bonds is 3. The summed E-state index contributed by atoms with van der Waals surface area (Å²) in [6.07, 6.45) is 0. The van der Waals surface area contributed by atoms with Gasteiger partial charge in [0.15, 0.2) is 0 Å². The molecule has 0 fully saturated rings. The molecule has 23 heavy (non-hydrogen) atoms. The van der Waals surface area contributed by atoms with Crippen LogP contribution in [0.15, 0.2) is 59.5 Å². The first kappa shape index (κ1) is 15.1. The third kappa shape index (κ3) is 2.55. The molecule has 3 aromatic carbocycles. The summed E-state index contributed by atoms with van der Waals surface area (Å²) in [7, 11) is 0. The first-order chi connectivity index (χ1) is 11.0. The normalized spacial score (nSPS) is 10.7. The van der Waals surface area contributed by atoms with E-state index in [2.05, 4.69) is 12.6 Å². The van der Waals surface area contributed by atoms with Crippen LogP contribution in [-0.2, 0) is 0 Å². The Morgan fingerprint density at radius 1 is 0.870 bits per heavy atom. The molecule has 0 amide bonds. The fourth-order valence-corrected chi connectivity index (χ4v) is 3.05. The Kier molecular flexibility index (Phi) is 3.80. The Balaban J connectivity index is 2.51. The first-order valence-corrected chi connectivity index (χ1v) is 7.26. The monoisotopic (exact) mass is 324 g/mol. The van der Waals surface area contributed by atoms with Crippen molar-refractivity contribution in [2.75, 3.05) is 0 Å². The molecule has 4 nitrogen and oxygen atoms in total. The highest BCUT2D eigenvalue weighted by molar-refractivity contribution is 7.80. The van der Waals surface area contributed by atoms with E-state index in [4.69, 9.17) is 0 Å². The average molecular weight is 324 g/mol. The molecule has 0 aliphatic rings. The minimum Gasteiger partial charge on any atom is -0.478 e. The van der Waals surface area contributed by atoms with Gasteiger partial charge in [-0.3, -0.25) is 0 Å². The van der Waals surface area contributed by atoms with Crippen LogP contribution >= 0.6 is 12.6 Å². The van der Waals surface area contributed by atoms with E-state index in [1.54, 1.807) is 18.2 Å². The molecule has 0 aromatic heterocycles. The van der Waals surface area contributed by atoms with Crippen molar-refractivity contribution in [3.63, 3.8) is 0 Å². The fourth-order valence-electron chi connectivity index (χ4n) is 2.71. The van der Waals surface area contributed by atoms with Gasteiger partial charge in [-0.2, -0.15) is 0 Å². The number of carbonyl (C=O) groups is 2. The molecule has 2 N–H and O–H groups in total. The molecule has 0 saturated carbocycles. The third-order valence-electron chi connectivity index (χ3n) is 3.67. The second-order valence-electron chi connectivity index (χ2n) is 5.02. The summed E-state index contributed by atoms with van der Waals surface area (Å²) < 4.78 is 0. The van der Waals surface area contributed by atoms with Crippen molar-refractivity contribution in [3.05, 3.63) is 65.7 Å². The maximum absolute atomic E-state index is 11.6. The maximum Gasteiger partial charge on any atom is 0.337 e. The summed E-state index contributed by atoms with van der Waals surface area (Å²) in [6.45, 7) is 0. The van der Waals surface area contributed by atoms with E-state index < -0.39 is 11.9 Å². The zero-order valence-corrected chi connectivity index (χ0v) is 12.7. The van der Waals surface area contributed by atoms with Gasteiger partial charge in [0.2, 0.25) is 0 Å². The minimum absolute atomic E-state index is 0.0482. The molecule has 3 aromatic rings. The largest absolute Gasteiger partial charge is 0.478 e. The molecule has 0 spiro atoms. The van der Waals surface area contributed by atoms with Crippen LogP contribution in [0.3, 0.4) is 0 Å². The van der Waals surface area contributed by atoms with Crippen molar-refractivity contribution in [3.8, 4) is 11.1 Å². The zero-order valence-electron chi connectivity index (χ0n) is 11.9. The van der Waals surface area contributed by atoms with Gasteiger partial charge < -0.3 is 10.2 Å². The van der Waals surface area contributed by atoms with Gasteiger partial charge in [0.25, 0.3) is 0 Å². The van der Waals surface area contributed by atoms with Gasteiger partial charge in [-0.25, -0.2) is 9.59 Å². The molecule has 0 aliphatic heterocycles. The Morgan fingerprint density at radius 3 is 2.17 bits per heavy atom. The van der Waals surface area contributed by atoms with Crippen molar-refractivity contribution >= 4 is 35.3 Å². The minimum atomic E-state index is -1.20. The van der Waals surface area contributed by atoms with Crippen LogP contribution in [0.25, 0.3) is 21.9 Å². The molecule has 3 rings (SSSR count). The summed E-state index contributed by atoms with van der Waals surface area (Å²) in [4.78, 5) is 23.4. The van der Waals surface area contributed by atoms with E-state index in [1.165, 1.54) is 6.07 Å². The predicted octanol–water partition coefficient (Wildman–Crippen LogP) is 4.19. The van der Waals surface area contributed by atoms with Crippen LogP contribution in [0.4, 0.5) is 0 Å². The van der Waals surface area contributed by atoms with Gasteiger partial charge in [-0.05, 0) is 28.6 Å². The quantitative estimate of drug-likeness (QED) is 0.632. The fraction of sp³-hybridized carbons (Fsp3) is 0. The lowest BCUT2D eigenvalue weighted by molar-refractivity contribution is 0.0693. The molecule has 0 radical (unpaired) electrons. The number of benzene rings is 3. The van der Waals surface area contributed by atoms with Crippen molar-refractivity contribution in [1.29, 1.82) is 0 Å². The Morgan fingerprint density at radius 2 is 1.57 bits per heavy atom. The summed E-state index contributed by atoms with van der Waals surface area (Å²) in [6, 6.07) is 15.8. The van der Waals surface area contributed by atoms with E-state index in [0.717, 1.165) is 11.1 Å². The number of aromatic carboxylic acids is 2. The average Bonchev–Trinajstić information content (AvgIpc) is 2.53. The van der Waals surface area contributed by atoms with Crippen LogP contribution in [-0.4, -0.2) is 22.2 Å². The molecule has 114 valence electrons. The number of hydrogen-bond donors (Lipinski definition) is 3. The van der Waals surface area contributed by atoms with Gasteiger partial charge in [-0.15, -0.1) is 12.6 Å². The highest BCUT2D eigenvalue weighted by atomic mass is 32.1. The third-order valence-corrected chi connectivity index (χ3v) is 4.02. The SMILES string of the molecule is O=C(O)c1cccc2c(-c3ccccc3)cc(S)c(C(=O)O)c12.